The number of aromatic nitrogens is 3. The average Bonchev–Trinajstić information content (AvgIpc) is 3.16. The van der Waals surface area contributed by atoms with Crippen molar-refractivity contribution >= 4 is 21.7 Å². The van der Waals surface area contributed by atoms with Crippen LogP contribution in [0.25, 0.3) is 11.4 Å². The van der Waals surface area contributed by atoms with Crippen LogP contribution in [0.5, 0.6) is 5.75 Å². The molecule has 0 unspecified atom stereocenters. The van der Waals surface area contributed by atoms with Gasteiger partial charge in [-0.25, -0.2) is 17.2 Å². The molecule has 0 spiro atoms. The molecule has 0 radical (unpaired) electrons. The molecule has 0 fully saturated rings. The monoisotopic (exact) mass is 436 g/mol. The van der Waals surface area contributed by atoms with Crippen LogP contribution in [0, 0.1) is 11.6 Å². The Labute approximate surface area is 171 Å². The summed E-state index contributed by atoms with van der Waals surface area (Å²) in [4.78, 5) is 16.0. The quantitative estimate of drug-likeness (QED) is 0.575. The first-order valence-electron chi connectivity index (χ1n) is 8.64. The number of methoxy groups -OCH3 is 1. The maximum Gasteiger partial charge on any atom is 0.249 e. The van der Waals surface area contributed by atoms with Crippen LogP contribution in [-0.2, 0) is 14.6 Å². The maximum absolute atomic E-state index is 14.0. The van der Waals surface area contributed by atoms with E-state index in [2.05, 4.69) is 20.5 Å². The number of aromatic amines is 1. The van der Waals surface area contributed by atoms with Gasteiger partial charge in [0.1, 0.15) is 27.0 Å². The summed E-state index contributed by atoms with van der Waals surface area (Å²) >= 11 is 0. The van der Waals surface area contributed by atoms with Crippen molar-refractivity contribution in [1.29, 1.82) is 0 Å². The molecule has 0 saturated heterocycles. The van der Waals surface area contributed by atoms with Crippen LogP contribution in [0.1, 0.15) is 13.8 Å². The van der Waals surface area contributed by atoms with Crippen molar-refractivity contribution in [3.8, 4) is 17.1 Å². The van der Waals surface area contributed by atoms with E-state index in [4.69, 9.17) is 4.74 Å². The van der Waals surface area contributed by atoms with Gasteiger partial charge in [-0.05, 0) is 50.2 Å². The minimum atomic E-state index is -4.49. The number of rotatable bonds is 6. The number of H-pyrrole nitrogens is 1. The van der Waals surface area contributed by atoms with E-state index >= 15 is 0 Å². The van der Waals surface area contributed by atoms with Crippen LogP contribution in [0.15, 0.2) is 47.4 Å². The predicted molar refractivity (Wildman–Crippen MR) is 105 cm³/mol. The van der Waals surface area contributed by atoms with Gasteiger partial charge in [-0.15, -0.1) is 5.10 Å². The molecule has 0 atom stereocenters. The SMILES string of the molecule is COc1ccc(-c2nc(NC(=O)C(C)(C)S(=O)(=O)c3ccc(F)cc3F)n[nH]2)cc1. The van der Waals surface area contributed by atoms with Gasteiger partial charge in [0.05, 0.1) is 7.11 Å². The smallest absolute Gasteiger partial charge is 0.249 e. The molecule has 2 aromatic carbocycles. The van der Waals surface area contributed by atoms with Gasteiger partial charge in [-0.2, -0.15) is 4.98 Å². The second-order valence-electron chi connectivity index (χ2n) is 6.78. The largest absolute Gasteiger partial charge is 0.497 e. The molecule has 8 nitrogen and oxygen atoms in total. The third kappa shape index (κ3) is 3.88. The molecule has 0 aliphatic heterocycles. The number of sulfone groups is 1. The van der Waals surface area contributed by atoms with Crippen LogP contribution in [0.2, 0.25) is 0 Å². The number of nitrogens with one attached hydrogen (secondary N) is 2. The Morgan fingerprint density at radius 1 is 1.13 bits per heavy atom. The van der Waals surface area contributed by atoms with Crippen molar-refractivity contribution in [2.45, 2.75) is 23.5 Å². The van der Waals surface area contributed by atoms with Crippen molar-refractivity contribution in [3.63, 3.8) is 0 Å². The zero-order valence-corrected chi connectivity index (χ0v) is 17.0. The van der Waals surface area contributed by atoms with E-state index in [0.717, 1.165) is 26.0 Å². The van der Waals surface area contributed by atoms with Crippen molar-refractivity contribution < 1.29 is 26.7 Å². The minimum Gasteiger partial charge on any atom is -0.497 e. The van der Waals surface area contributed by atoms with Gasteiger partial charge < -0.3 is 4.74 Å². The zero-order chi connectivity index (χ0) is 22.1. The molecule has 0 aliphatic carbocycles. The molecule has 3 rings (SSSR count). The summed E-state index contributed by atoms with van der Waals surface area (Å²) in [5.41, 5.74) is 0.657. The first kappa shape index (κ1) is 21.4. The van der Waals surface area contributed by atoms with Gasteiger partial charge in [-0.1, -0.05) is 0 Å². The fourth-order valence-corrected chi connectivity index (χ4v) is 3.95. The number of benzene rings is 2. The average molecular weight is 436 g/mol. The molecule has 1 amide bonds. The highest BCUT2D eigenvalue weighted by molar-refractivity contribution is 7.93. The van der Waals surface area contributed by atoms with E-state index < -0.39 is 37.0 Å². The summed E-state index contributed by atoms with van der Waals surface area (Å²) in [5.74, 6) is -2.37. The first-order valence-corrected chi connectivity index (χ1v) is 10.1. The van der Waals surface area contributed by atoms with E-state index in [1.807, 2.05) is 0 Å². The van der Waals surface area contributed by atoms with Crippen molar-refractivity contribution in [1.82, 2.24) is 15.2 Å². The van der Waals surface area contributed by atoms with Crippen molar-refractivity contribution in [3.05, 3.63) is 54.1 Å². The molecule has 0 aliphatic rings. The Morgan fingerprint density at radius 3 is 2.40 bits per heavy atom. The summed E-state index contributed by atoms with van der Waals surface area (Å²) in [6.07, 6.45) is 0. The van der Waals surface area contributed by atoms with E-state index in [0.29, 0.717) is 23.2 Å². The molecule has 1 aromatic heterocycles. The third-order valence-corrected chi connectivity index (χ3v) is 6.92. The Morgan fingerprint density at radius 2 is 1.80 bits per heavy atom. The summed E-state index contributed by atoms with van der Waals surface area (Å²) in [5, 5.41) is 8.80. The number of nitrogens with zero attached hydrogens (tertiary/aromatic N) is 2. The van der Waals surface area contributed by atoms with Crippen LogP contribution in [-0.4, -0.2) is 41.4 Å². The lowest BCUT2D eigenvalue weighted by atomic mass is 10.2. The Kier molecular flexibility index (Phi) is 5.57. The van der Waals surface area contributed by atoms with Gasteiger partial charge in [0.2, 0.25) is 11.9 Å². The Hall–Kier alpha value is -3.34. The number of carbonyl (C=O) groups excluding carboxylic acids is 1. The molecule has 2 N–H and O–H groups in total. The standard InChI is InChI=1S/C19H18F2N4O4S/c1-19(2,30(27,28)15-9-6-12(20)10-14(15)21)17(26)23-18-22-16(24-25-18)11-4-7-13(29-3)8-5-11/h4-10H,1-3H3,(H2,22,23,24,25,26). The van der Waals surface area contributed by atoms with E-state index in [1.165, 1.54) is 7.11 Å². The molecular formula is C19H18F2N4O4S. The number of ether oxygens (including phenoxy) is 1. The second-order valence-corrected chi connectivity index (χ2v) is 9.25. The predicted octanol–water partition coefficient (Wildman–Crippen LogP) is 2.95. The zero-order valence-electron chi connectivity index (χ0n) is 16.2. The maximum atomic E-state index is 14.0. The highest BCUT2D eigenvalue weighted by Gasteiger charge is 2.44. The van der Waals surface area contributed by atoms with E-state index in [-0.39, 0.29) is 5.95 Å². The van der Waals surface area contributed by atoms with Gasteiger partial charge in [0.15, 0.2) is 15.7 Å². The number of halogens is 2. The molecule has 1 heterocycles. The molecule has 11 heteroatoms. The summed E-state index contributed by atoms with van der Waals surface area (Å²) in [7, 11) is -2.96. The Balaban J connectivity index is 1.83. The Bertz CT molecular complexity index is 1190. The van der Waals surface area contributed by atoms with Crippen LogP contribution in [0.4, 0.5) is 14.7 Å². The summed E-state index contributed by atoms with van der Waals surface area (Å²) in [6.45, 7) is 2.22. The molecule has 0 saturated carbocycles. The second kappa shape index (κ2) is 7.82. The minimum absolute atomic E-state index is 0.159. The van der Waals surface area contributed by atoms with Crippen LogP contribution in [0.3, 0.4) is 0 Å². The fraction of sp³-hybridized carbons (Fsp3) is 0.211. The first-order chi connectivity index (χ1) is 14.1. The summed E-state index contributed by atoms with van der Waals surface area (Å²) in [6, 6.07) is 8.89. The number of amides is 1. The number of hydrogen-bond donors (Lipinski definition) is 2. The lowest BCUT2D eigenvalue weighted by molar-refractivity contribution is -0.117. The third-order valence-electron chi connectivity index (χ3n) is 4.48. The topological polar surface area (TPSA) is 114 Å². The molecule has 0 bridgehead atoms. The van der Waals surface area contributed by atoms with E-state index in [1.54, 1.807) is 24.3 Å². The number of anilines is 1. The molecule has 3 aromatic rings. The van der Waals surface area contributed by atoms with Gasteiger partial charge in [0.25, 0.3) is 0 Å². The molecular weight excluding hydrogens is 418 g/mol. The number of carbonyl (C=O) groups is 1. The van der Waals surface area contributed by atoms with Crippen molar-refractivity contribution in [2.24, 2.45) is 0 Å². The lowest BCUT2D eigenvalue weighted by Crippen LogP contribution is -2.45. The van der Waals surface area contributed by atoms with Gasteiger partial charge >= 0.3 is 0 Å². The fourth-order valence-electron chi connectivity index (χ4n) is 2.54. The van der Waals surface area contributed by atoms with E-state index in [9.17, 15) is 22.0 Å². The molecule has 158 valence electrons. The normalized spacial score (nSPS) is 11.9. The van der Waals surface area contributed by atoms with Crippen LogP contribution >= 0.6 is 0 Å². The lowest BCUT2D eigenvalue weighted by Gasteiger charge is -2.23. The van der Waals surface area contributed by atoms with Crippen LogP contribution < -0.4 is 10.1 Å². The number of hydrogen-bond acceptors (Lipinski definition) is 6. The van der Waals surface area contributed by atoms with Gasteiger partial charge in [-0.3, -0.25) is 15.2 Å². The van der Waals surface area contributed by atoms with Gasteiger partial charge in [0, 0.05) is 11.6 Å². The van der Waals surface area contributed by atoms with Crippen molar-refractivity contribution in [2.75, 3.05) is 12.4 Å². The summed E-state index contributed by atoms with van der Waals surface area (Å²) < 4.78 is 55.8. The highest BCUT2D eigenvalue weighted by atomic mass is 32.2. The highest BCUT2D eigenvalue weighted by Crippen LogP contribution is 2.29. The molecule has 30 heavy (non-hydrogen) atoms.